The van der Waals surface area contributed by atoms with E-state index in [4.69, 9.17) is 0 Å². The number of hydrogen-bond donors (Lipinski definition) is 1. The van der Waals surface area contributed by atoms with E-state index in [0.717, 1.165) is 17.9 Å². The molecule has 1 heterocycles. The molecule has 0 amide bonds. The summed E-state index contributed by atoms with van der Waals surface area (Å²) < 4.78 is 0. The molecule has 1 aliphatic heterocycles. The zero-order chi connectivity index (χ0) is 14.0. The number of hydrogen-bond acceptors (Lipinski definition) is 2. The van der Waals surface area contributed by atoms with Crippen molar-refractivity contribution >= 4 is 0 Å². The smallest absolute Gasteiger partial charge is 0.00684 e. The number of nitrogens with zero attached hydrogens (tertiary/aromatic N) is 1. The fraction of sp³-hybridized carbons (Fsp3) is 1.00. The van der Waals surface area contributed by atoms with E-state index in [9.17, 15) is 0 Å². The summed E-state index contributed by atoms with van der Waals surface area (Å²) in [5.74, 6) is 1.79. The highest BCUT2D eigenvalue weighted by atomic mass is 15.2. The third-order valence-corrected chi connectivity index (χ3v) is 6.13. The van der Waals surface area contributed by atoms with Gasteiger partial charge in [0.1, 0.15) is 0 Å². The van der Waals surface area contributed by atoms with Gasteiger partial charge in [-0.05, 0) is 42.9 Å². The van der Waals surface area contributed by atoms with E-state index >= 15 is 0 Å². The van der Waals surface area contributed by atoms with Crippen LogP contribution in [0.5, 0.6) is 0 Å². The topological polar surface area (TPSA) is 15.3 Å². The highest BCUT2D eigenvalue weighted by Gasteiger charge is 2.37. The Kier molecular flexibility index (Phi) is 4.72. The summed E-state index contributed by atoms with van der Waals surface area (Å²) in [4.78, 5) is 2.79. The second-order valence-corrected chi connectivity index (χ2v) is 8.22. The molecule has 0 radical (unpaired) electrons. The van der Waals surface area contributed by atoms with Crippen molar-refractivity contribution in [3.05, 3.63) is 0 Å². The van der Waals surface area contributed by atoms with Gasteiger partial charge in [-0.15, -0.1) is 0 Å². The lowest BCUT2D eigenvalue weighted by Gasteiger charge is -2.37. The summed E-state index contributed by atoms with van der Waals surface area (Å²) in [6.07, 6.45) is 11.6. The first-order valence-electron chi connectivity index (χ1n) is 9.13. The van der Waals surface area contributed by atoms with Gasteiger partial charge in [-0.25, -0.2) is 0 Å². The lowest BCUT2D eigenvalue weighted by atomic mass is 9.79. The third kappa shape index (κ3) is 3.76. The van der Waals surface area contributed by atoms with E-state index < -0.39 is 0 Å². The molecule has 2 aliphatic carbocycles. The molecule has 1 N–H and O–H groups in total. The van der Waals surface area contributed by atoms with Gasteiger partial charge >= 0.3 is 0 Å². The summed E-state index contributed by atoms with van der Waals surface area (Å²) >= 11 is 0. The molecule has 1 saturated heterocycles. The second kappa shape index (κ2) is 6.36. The first kappa shape index (κ1) is 14.8. The maximum Gasteiger partial charge on any atom is 0.00684 e. The number of rotatable bonds is 5. The van der Waals surface area contributed by atoms with Crippen LogP contribution in [-0.4, -0.2) is 37.1 Å². The van der Waals surface area contributed by atoms with Gasteiger partial charge in [-0.3, -0.25) is 0 Å². The van der Waals surface area contributed by atoms with Gasteiger partial charge in [0.25, 0.3) is 0 Å². The fourth-order valence-corrected chi connectivity index (χ4v) is 4.37. The van der Waals surface area contributed by atoms with E-state index in [1.807, 2.05) is 0 Å². The van der Waals surface area contributed by atoms with Crippen LogP contribution in [0.1, 0.15) is 65.2 Å². The zero-order valence-electron chi connectivity index (χ0n) is 13.7. The Hall–Kier alpha value is -0.0800. The van der Waals surface area contributed by atoms with Crippen molar-refractivity contribution in [2.24, 2.45) is 17.3 Å². The van der Waals surface area contributed by atoms with Crippen LogP contribution >= 0.6 is 0 Å². The fourth-order valence-electron chi connectivity index (χ4n) is 4.37. The van der Waals surface area contributed by atoms with Crippen molar-refractivity contribution in [2.45, 2.75) is 71.3 Å². The van der Waals surface area contributed by atoms with Gasteiger partial charge in [0.15, 0.2) is 0 Å². The van der Waals surface area contributed by atoms with Crippen molar-refractivity contribution in [3.63, 3.8) is 0 Å². The summed E-state index contributed by atoms with van der Waals surface area (Å²) in [7, 11) is 0. The highest BCUT2D eigenvalue weighted by molar-refractivity contribution is 4.92. The minimum absolute atomic E-state index is 0.586. The number of nitrogens with one attached hydrogen (secondary N) is 1. The van der Waals surface area contributed by atoms with E-state index in [2.05, 4.69) is 24.1 Å². The lowest BCUT2D eigenvalue weighted by molar-refractivity contribution is 0.141. The molecule has 2 saturated carbocycles. The molecule has 2 unspecified atom stereocenters. The van der Waals surface area contributed by atoms with Gasteiger partial charge in [0, 0.05) is 32.2 Å². The molecule has 0 spiro atoms. The molecule has 0 aromatic carbocycles. The Bertz CT molecular complexity index is 293. The van der Waals surface area contributed by atoms with E-state index in [1.54, 1.807) is 0 Å². The Morgan fingerprint density at radius 2 is 1.55 bits per heavy atom. The molecule has 2 nitrogen and oxygen atoms in total. The molecule has 20 heavy (non-hydrogen) atoms. The largest absolute Gasteiger partial charge is 0.313 e. The van der Waals surface area contributed by atoms with Gasteiger partial charge in [-0.2, -0.15) is 0 Å². The molecule has 2 atom stereocenters. The van der Waals surface area contributed by atoms with Crippen molar-refractivity contribution in [2.75, 3.05) is 26.2 Å². The van der Waals surface area contributed by atoms with Crippen molar-refractivity contribution < 1.29 is 0 Å². The van der Waals surface area contributed by atoms with E-state index in [-0.39, 0.29) is 0 Å². The van der Waals surface area contributed by atoms with Crippen LogP contribution in [0.3, 0.4) is 0 Å². The number of likely N-dealkylation sites (tertiary alicyclic amines) is 1. The van der Waals surface area contributed by atoms with Crippen LogP contribution in [0.4, 0.5) is 0 Å². The maximum absolute atomic E-state index is 3.86. The first-order chi connectivity index (χ1) is 9.67. The predicted octanol–water partition coefficient (Wildman–Crippen LogP) is 3.67. The Labute approximate surface area is 125 Å². The van der Waals surface area contributed by atoms with Crippen LogP contribution in [-0.2, 0) is 0 Å². The standard InChI is InChI=1S/C18H34N2/c1-15-11-20(12-16(15)2)14-18(13-19-17-7-8-17)9-5-3-4-6-10-18/h15-17,19H,3-14H2,1-2H3. The van der Waals surface area contributed by atoms with Crippen molar-refractivity contribution in [3.8, 4) is 0 Å². The molecule has 2 heteroatoms. The second-order valence-electron chi connectivity index (χ2n) is 8.22. The van der Waals surface area contributed by atoms with Crippen LogP contribution in [0, 0.1) is 17.3 Å². The quantitative estimate of drug-likeness (QED) is 0.772. The maximum atomic E-state index is 3.86. The lowest BCUT2D eigenvalue weighted by Crippen LogP contribution is -2.44. The van der Waals surface area contributed by atoms with Crippen molar-refractivity contribution in [1.82, 2.24) is 10.2 Å². The van der Waals surface area contributed by atoms with Gasteiger partial charge in [-0.1, -0.05) is 39.5 Å². The van der Waals surface area contributed by atoms with Gasteiger partial charge < -0.3 is 10.2 Å². The minimum Gasteiger partial charge on any atom is -0.313 e. The molecule has 3 rings (SSSR count). The van der Waals surface area contributed by atoms with E-state index in [1.165, 1.54) is 77.5 Å². The molecule has 0 aromatic rings. The van der Waals surface area contributed by atoms with Crippen LogP contribution < -0.4 is 5.32 Å². The van der Waals surface area contributed by atoms with Gasteiger partial charge in [0.05, 0.1) is 0 Å². The molecular weight excluding hydrogens is 244 g/mol. The summed E-state index contributed by atoms with van der Waals surface area (Å²) in [6.45, 7) is 10.2. The average Bonchev–Trinajstić information content (AvgIpc) is 3.20. The summed E-state index contributed by atoms with van der Waals surface area (Å²) in [5.41, 5.74) is 0.586. The average molecular weight is 278 g/mol. The van der Waals surface area contributed by atoms with Crippen LogP contribution in [0.25, 0.3) is 0 Å². The van der Waals surface area contributed by atoms with Crippen molar-refractivity contribution in [1.29, 1.82) is 0 Å². The first-order valence-corrected chi connectivity index (χ1v) is 9.13. The molecule has 116 valence electrons. The van der Waals surface area contributed by atoms with E-state index in [0.29, 0.717) is 5.41 Å². The Morgan fingerprint density at radius 3 is 2.10 bits per heavy atom. The van der Waals surface area contributed by atoms with Crippen LogP contribution in [0.15, 0.2) is 0 Å². The Balaban J connectivity index is 1.60. The normalized spacial score (nSPS) is 35.1. The molecular formula is C18H34N2. The van der Waals surface area contributed by atoms with Gasteiger partial charge in [0.2, 0.25) is 0 Å². The molecule has 3 aliphatic rings. The SMILES string of the molecule is CC1CN(CC2(CNC3CC3)CCCCCC2)CC1C. The monoisotopic (exact) mass is 278 g/mol. The summed E-state index contributed by atoms with van der Waals surface area (Å²) in [5, 5.41) is 3.86. The van der Waals surface area contributed by atoms with Crippen LogP contribution in [0.2, 0.25) is 0 Å². The molecule has 0 aromatic heterocycles. The summed E-state index contributed by atoms with van der Waals surface area (Å²) in [6, 6.07) is 0.867. The molecule has 3 fully saturated rings. The zero-order valence-corrected chi connectivity index (χ0v) is 13.7. The third-order valence-electron chi connectivity index (χ3n) is 6.13. The molecule has 0 bridgehead atoms. The minimum atomic E-state index is 0.586. The predicted molar refractivity (Wildman–Crippen MR) is 85.9 cm³/mol. The Morgan fingerprint density at radius 1 is 0.950 bits per heavy atom. The highest BCUT2D eigenvalue weighted by Crippen LogP contribution is 2.38.